The molecule has 2 amide bonds. The molecule has 1 heterocycles. The number of carbonyl (C=O) groups is 3. The van der Waals surface area contributed by atoms with E-state index in [1.807, 2.05) is 26.1 Å². The summed E-state index contributed by atoms with van der Waals surface area (Å²) in [5, 5.41) is 2.00. The van der Waals surface area contributed by atoms with Crippen molar-refractivity contribution in [2.45, 2.75) is 71.1 Å². The Morgan fingerprint density at radius 2 is 1.54 bits per heavy atom. The molecule has 1 atom stereocenters. The third-order valence-corrected chi connectivity index (χ3v) is 7.04. The number of ketones is 1. The highest BCUT2D eigenvalue weighted by Gasteiger charge is 2.71. The van der Waals surface area contributed by atoms with Gasteiger partial charge in [-0.3, -0.25) is 14.4 Å². The number of hydrogen-bond donors (Lipinski definition) is 1. The molecule has 196 valence electrons. The van der Waals surface area contributed by atoms with Gasteiger partial charge in [0.25, 0.3) is 11.8 Å². The van der Waals surface area contributed by atoms with Gasteiger partial charge in [0.2, 0.25) is 5.54 Å². The molecule has 0 bridgehead atoms. The maximum atomic E-state index is 15.0. The average molecular weight is 513 g/mol. The van der Waals surface area contributed by atoms with Crippen molar-refractivity contribution in [1.29, 1.82) is 0 Å². The second-order valence-electron chi connectivity index (χ2n) is 11.7. The molecule has 1 N–H and O–H groups in total. The lowest BCUT2D eigenvalue weighted by Crippen LogP contribution is -2.66. The Hall–Kier alpha value is -3.42. The number of benzene rings is 2. The van der Waals surface area contributed by atoms with Crippen LogP contribution in [-0.2, 0) is 21.5 Å². The molecule has 4 rings (SSSR count). The van der Waals surface area contributed by atoms with Gasteiger partial charge in [0.1, 0.15) is 0 Å². The zero-order valence-electron chi connectivity index (χ0n) is 21.6. The van der Waals surface area contributed by atoms with Crippen LogP contribution in [0.15, 0.2) is 65.9 Å². The molecule has 1 aliphatic heterocycles. The predicted molar refractivity (Wildman–Crippen MR) is 133 cm³/mol. The summed E-state index contributed by atoms with van der Waals surface area (Å²) in [7, 11) is 0. The summed E-state index contributed by atoms with van der Waals surface area (Å²) in [4.78, 5) is 41.3. The molecular formula is C29H31F3N2O3. The molecule has 5 nitrogen and oxygen atoms in total. The second kappa shape index (κ2) is 8.85. The summed E-state index contributed by atoms with van der Waals surface area (Å²) in [6, 6.07) is 14.8. The lowest BCUT2D eigenvalue weighted by Gasteiger charge is -2.35. The van der Waals surface area contributed by atoms with Crippen molar-refractivity contribution < 1.29 is 27.6 Å². The molecule has 0 unspecified atom stereocenters. The third kappa shape index (κ3) is 4.69. The standard InChI is InChI=1S/C29H31F3N2O3/c1-26(2,3)20-13-11-19(12-14-20)24(36)33-28(29(30,31)32)23-21(15-27(4,5)16-22(23)35)34(25(28)37)17-18-9-7-6-8-10-18/h6-14H,15-17H2,1-5H3,(H,33,36)/t28-/m0/s1. The van der Waals surface area contributed by atoms with Gasteiger partial charge in [-0.1, -0.05) is 77.1 Å². The van der Waals surface area contributed by atoms with E-state index in [-0.39, 0.29) is 36.1 Å². The van der Waals surface area contributed by atoms with E-state index in [2.05, 4.69) is 0 Å². The molecule has 0 fully saturated rings. The van der Waals surface area contributed by atoms with Gasteiger partial charge in [-0.05, 0) is 40.5 Å². The van der Waals surface area contributed by atoms with E-state index in [0.717, 1.165) is 10.5 Å². The van der Waals surface area contributed by atoms with E-state index < -0.39 is 40.3 Å². The molecule has 1 aliphatic carbocycles. The molecule has 0 saturated carbocycles. The Bertz CT molecular complexity index is 1270. The Labute approximate surface area is 214 Å². The maximum Gasteiger partial charge on any atom is 0.425 e. The van der Waals surface area contributed by atoms with Crippen LogP contribution in [0.2, 0.25) is 0 Å². The molecule has 0 saturated heterocycles. The van der Waals surface area contributed by atoms with Crippen LogP contribution >= 0.6 is 0 Å². The number of carbonyl (C=O) groups excluding carboxylic acids is 3. The fourth-order valence-corrected chi connectivity index (χ4v) is 5.12. The Balaban J connectivity index is 1.82. The Morgan fingerprint density at radius 3 is 2.08 bits per heavy atom. The Kier molecular flexibility index (Phi) is 6.37. The van der Waals surface area contributed by atoms with Gasteiger partial charge in [-0.25, -0.2) is 0 Å². The highest BCUT2D eigenvalue weighted by molar-refractivity contribution is 6.14. The number of alkyl halides is 3. The number of amides is 2. The van der Waals surface area contributed by atoms with Crippen molar-refractivity contribution in [1.82, 2.24) is 10.2 Å². The zero-order valence-corrected chi connectivity index (χ0v) is 21.6. The number of nitrogens with zero attached hydrogens (tertiary/aromatic N) is 1. The molecule has 37 heavy (non-hydrogen) atoms. The van der Waals surface area contributed by atoms with Gasteiger partial charge >= 0.3 is 6.18 Å². The first kappa shape index (κ1) is 26.6. The monoisotopic (exact) mass is 512 g/mol. The number of Topliss-reactive ketones (excluding diaryl/α,β-unsaturated/α-hetero) is 1. The van der Waals surface area contributed by atoms with Gasteiger partial charge in [0.05, 0.1) is 12.1 Å². The summed E-state index contributed by atoms with van der Waals surface area (Å²) in [6.07, 6.45) is -5.30. The zero-order chi connectivity index (χ0) is 27.4. The average Bonchev–Trinajstić information content (AvgIpc) is 3.01. The van der Waals surface area contributed by atoms with Crippen LogP contribution in [0.5, 0.6) is 0 Å². The van der Waals surface area contributed by atoms with Gasteiger partial charge in [-0.15, -0.1) is 0 Å². The van der Waals surface area contributed by atoms with Crippen LogP contribution < -0.4 is 5.32 Å². The minimum absolute atomic E-state index is 0.0239. The summed E-state index contributed by atoms with van der Waals surface area (Å²) >= 11 is 0. The number of halogens is 3. The molecular weight excluding hydrogens is 481 g/mol. The lowest BCUT2D eigenvalue weighted by molar-refractivity contribution is -0.190. The first-order valence-electron chi connectivity index (χ1n) is 12.2. The SMILES string of the molecule is CC1(C)CC(=O)C2=C(C1)N(Cc1ccccc1)C(=O)[C@]2(NC(=O)c1ccc(C(C)(C)C)cc1)C(F)(F)F. The fourth-order valence-electron chi connectivity index (χ4n) is 5.12. The fraction of sp³-hybridized carbons (Fsp3) is 0.414. The topological polar surface area (TPSA) is 66.5 Å². The molecule has 2 aliphatic rings. The number of hydrogen-bond acceptors (Lipinski definition) is 3. The van der Waals surface area contributed by atoms with E-state index >= 15 is 0 Å². The number of rotatable bonds is 4. The van der Waals surface area contributed by atoms with Crippen molar-refractivity contribution in [3.63, 3.8) is 0 Å². The van der Waals surface area contributed by atoms with Crippen LogP contribution in [0.1, 0.15) is 68.9 Å². The van der Waals surface area contributed by atoms with Gasteiger partial charge in [0.15, 0.2) is 5.78 Å². The largest absolute Gasteiger partial charge is 0.425 e. The van der Waals surface area contributed by atoms with Crippen LogP contribution in [0.4, 0.5) is 13.2 Å². The summed E-state index contributed by atoms with van der Waals surface area (Å²) in [5.74, 6) is -3.22. The van der Waals surface area contributed by atoms with Crippen molar-refractivity contribution in [3.05, 3.63) is 82.6 Å². The van der Waals surface area contributed by atoms with Crippen LogP contribution in [0.25, 0.3) is 0 Å². The van der Waals surface area contributed by atoms with Gasteiger partial charge in [-0.2, -0.15) is 13.2 Å². The third-order valence-electron chi connectivity index (χ3n) is 7.04. The van der Waals surface area contributed by atoms with E-state index in [9.17, 15) is 27.6 Å². The van der Waals surface area contributed by atoms with Crippen LogP contribution in [0, 0.1) is 5.41 Å². The van der Waals surface area contributed by atoms with Crippen molar-refractivity contribution in [2.75, 3.05) is 0 Å². The number of nitrogens with one attached hydrogen (secondary N) is 1. The number of allylic oxidation sites excluding steroid dienone is 1. The first-order chi connectivity index (χ1) is 17.1. The van der Waals surface area contributed by atoms with Crippen molar-refractivity contribution >= 4 is 17.6 Å². The van der Waals surface area contributed by atoms with E-state index in [0.29, 0.717) is 5.56 Å². The van der Waals surface area contributed by atoms with E-state index in [1.54, 1.807) is 56.3 Å². The minimum Gasteiger partial charge on any atom is -0.326 e. The first-order valence-corrected chi connectivity index (χ1v) is 12.2. The quantitative estimate of drug-likeness (QED) is 0.572. The Morgan fingerprint density at radius 1 is 0.946 bits per heavy atom. The summed E-state index contributed by atoms with van der Waals surface area (Å²) in [5.41, 5.74) is -3.48. The van der Waals surface area contributed by atoms with Gasteiger partial charge in [0, 0.05) is 17.7 Å². The molecule has 0 aromatic heterocycles. The van der Waals surface area contributed by atoms with E-state index in [1.165, 1.54) is 12.1 Å². The molecule has 8 heteroatoms. The summed E-state index contributed by atoms with van der Waals surface area (Å²) in [6.45, 7) is 9.34. The van der Waals surface area contributed by atoms with E-state index in [4.69, 9.17) is 0 Å². The molecule has 0 radical (unpaired) electrons. The van der Waals surface area contributed by atoms with Gasteiger partial charge < -0.3 is 10.2 Å². The second-order valence-corrected chi connectivity index (χ2v) is 11.7. The molecule has 2 aromatic carbocycles. The summed E-state index contributed by atoms with van der Waals surface area (Å²) < 4.78 is 44.9. The van der Waals surface area contributed by atoms with Crippen molar-refractivity contribution in [2.24, 2.45) is 5.41 Å². The maximum absolute atomic E-state index is 15.0. The highest BCUT2D eigenvalue weighted by atomic mass is 19.4. The predicted octanol–water partition coefficient (Wildman–Crippen LogP) is 5.70. The normalized spacial score (nSPS) is 21.8. The smallest absolute Gasteiger partial charge is 0.326 e. The highest BCUT2D eigenvalue weighted by Crippen LogP contribution is 2.52. The van der Waals surface area contributed by atoms with Crippen molar-refractivity contribution in [3.8, 4) is 0 Å². The van der Waals surface area contributed by atoms with Crippen LogP contribution in [0.3, 0.4) is 0 Å². The van der Waals surface area contributed by atoms with Crippen LogP contribution in [-0.4, -0.2) is 34.2 Å². The molecule has 2 aromatic rings. The minimum atomic E-state index is -5.24. The molecule has 0 spiro atoms. The lowest BCUT2D eigenvalue weighted by atomic mass is 9.72.